The fourth-order valence-electron chi connectivity index (χ4n) is 1.64. The second-order valence-electron chi connectivity index (χ2n) is 3.53. The third-order valence-corrected chi connectivity index (χ3v) is 3.96. The molecule has 1 aliphatic rings. The van der Waals surface area contributed by atoms with E-state index < -0.39 is 9.84 Å². The highest BCUT2D eigenvalue weighted by Crippen LogP contribution is 2.26. The molecular formula is C9H12N2O3S. The Balaban J connectivity index is 2.51. The van der Waals surface area contributed by atoms with E-state index in [1.165, 1.54) is 7.11 Å². The highest BCUT2D eigenvalue weighted by Gasteiger charge is 2.23. The molecule has 0 aromatic carbocycles. The van der Waals surface area contributed by atoms with Crippen LogP contribution in [0.5, 0.6) is 5.88 Å². The number of anilines is 1. The Morgan fingerprint density at radius 1 is 1.53 bits per heavy atom. The zero-order valence-corrected chi connectivity index (χ0v) is 9.17. The van der Waals surface area contributed by atoms with Crippen LogP contribution in [0.15, 0.2) is 6.07 Å². The molecule has 0 atom stereocenters. The normalized spacial score (nSPS) is 18.2. The van der Waals surface area contributed by atoms with Crippen molar-refractivity contribution >= 4 is 15.5 Å². The summed E-state index contributed by atoms with van der Waals surface area (Å²) in [6.07, 6.45) is 0.485. The number of nitrogens with two attached hydrogens (primary N) is 1. The Morgan fingerprint density at radius 3 is 2.93 bits per heavy atom. The molecule has 0 bridgehead atoms. The first-order valence-corrected chi connectivity index (χ1v) is 6.36. The van der Waals surface area contributed by atoms with Gasteiger partial charge in [-0.1, -0.05) is 0 Å². The molecule has 2 N–H and O–H groups in total. The van der Waals surface area contributed by atoms with E-state index in [9.17, 15) is 8.42 Å². The van der Waals surface area contributed by atoms with Gasteiger partial charge in [0.15, 0.2) is 9.84 Å². The molecule has 1 aromatic rings. The number of pyridine rings is 1. The molecule has 0 unspecified atom stereocenters. The van der Waals surface area contributed by atoms with Crippen molar-refractivity contribution in [3.05, 3.63) is 17.3 Å². The predicted octanol–water partition coefficient (Wildman–Crippen LogP) is 0.143. The molecule has 15 heavy (non-hydrogen) atoms. The average molecular weight is 228 g/mol. The minimum atomic E-state index is -2.99. The smallest absolute Gasteiger partial charge is 0.237 e. The number of ether oxygens (including phenoxy) is 1. The summed E-state index contributed by atoms with van der Waals surface area (Å²) >= 11 is 0. The molecule has 0 saturated carbocycles. The molecule has 0 aliphatic carbocycles. The van der Waals surface area contributed by atoms with Crippen LogP contribution in [-0.2, 0) is 22.0 Å². The van der Waals surface area contributed by atoms with Gasteiger partial charge in [0.25, 0.3) is 0 Å². The Kier molecular flexibility index (Phi) is 2.30. The Hall–Kier alpha value is -1.30. The number of aryl methyl sites for hydroxylation is 1. The van der Waals surface area contributed by atoms with Crippen LogP contribution < -0.4 is 10.5 Å². The van der Waals surface area contributed by atoms with Gasteiger partial charge in [0.2, 0.25) is 5.88 Å². The van der Waals surface area contributed by atoms with E-state index in [1.54, 1.807) is 6.07 Å². The first kappa shape index (κ1) is 10.2. The second kappa shape index (κ2) is 3.37. The monoisotopic (exact) mass is 228 g/mol. The molecule has 2 heterocycles. The molecule has 6 heteroatoms. The maximum absolute atomic E-state index is 11.4. The number of sulfone groups is 1. The zero-order chi connectivity index (χ0) is 11.1. The first-order valence-electron chi connectivity index (χ1n) is 4.54. The van der Waals surface area contributed by atoms with Crippen molar-refractivity contribution in [2.24, 2.45) is 0 Å². The van der Waals surface area contributed by atoms with Crippen molar-refractivity contribution in [1.29, 1.82) is 0 Å². The van der Waals surface area contributed by atoms with E-state index >= 15 is 0 Å². The van der Waals surface area contributed by atoms with Crippen LogP contribution in [0.25, 0.3) is 0 Å². The van der Waals surface area contributed by atoms with Crippen molar-refractivity contribution < 1.29 is 13.2 Å². The highest BCUT2D eigenvalue weighted by atomic mass is 32.2. The zero-order valence-electron chi connectivity index (χ0n) is 8.36. The van der Waals surface area contributed by atoms with Gasteiger partial charge >= 0.3 is 0 Å². The van der Waals surface area contributed by atoms with E-state index in [0.29, 0.717) is 23.7 Å². The van der Waals surface area contributed by atoms with Gasteiger partial charge in [-0.15, -0.1) is 0 Å². The fraction of sp³-hybridized carbons (Fsp3) is 0.444. The summed E-state index contributed by atoms with van der Waals surface area (Å²) in [7, 11) is -1.53. The lowest BCUT2D eigenvalue weighted by atomic mass is 10.1. The molecule has 1 aliphatic heterocycles. The third-order valence-electron chi connectivity index (χ3n) is 2.42. The van der Waals surface area contributed by atoms with Gasteiger partial charge in [-0.05, 0) is 18.1 Å². The fourth-order valence-corrected chi connectivity index (χ4v) is 2.98. The quantitative estimate of drug-likeness (QED) is 0.739. The summed E-state index contributed by atoms with van der Waals surface area (Å²) in [5.74, 6) is 0.456. The van der Waals surface area contributed by atoms with E-state index in [2.05, 4.69) is 4.98 Å². The molecule has 0 fully saturated rings. The average Bonchev–Trinajstić information content (AvgIpc) is 2.17. The van der Waals surface area contributed by atoms with Crippen molar-refractivity contribution in [3.63, 3.8) is 0 Å². The summed E-state index contributed by atoms with van der Waals surface area (Å²) in [5, 5.41) is 0. The molecule has 2 rings (SSSR count). The van der Waals surface area contributed by atoms with Crippen LogP contribution >= 0.6 is 0 Å². The molecule has 0 spiro atoms. The van der Waals surface area contributed by atoms with E-state index in [-0.39, 0.29) is 11.5 Å². The lowest BCUT2D eigenvalue weighted by molar-refractivity contribution is 0.398. The van der Waals surface area contributed by atoms with Crippen LogP contribution in [-0.4, -0.2) is 26.3 Å². The summed E-state index contributed by atoms with van der Waals surface area (Å²) in [5.41, 5.74) is 7.61. The molecule has 5 nitrogen and oxygen atoms in total. The molecule has 0 amide bonds. The maximum Gasteiger partial charge on any atom is 0.237 e. The van der Waals surface area contributed by atoms with Crippen LogP contribution in [0.1, 0.15) is 11.3 Å². The SMILES string of the molecule is COc1nc2c(cc1N)CCS(=O)(=O)C2. The number of aromatic nitrogens is 1. The van der Waals surface area contributed by atoms with Gasteiger partial charge in [0, 0.05) is 0 Å². The van der Waals surface area contributed by atoms with Gasteiger partial charge in [-0.3, -0.25) is 0 Å². The van der Waals surface area contributed by atoms with Gasteiger partial charge in [0.1, 0.15) is 0 Å². The minimum Gasteiger partial charge on any atom is -0.480 e. The van der Waals surface area contributed by atoms with Crippen molar-refractivity contribution in [2.75, 3.05) is 18.6 Å². The Labute approximate surface area is 88.2 Å². The molecule has 0 saturated heterocycles. The summed E-state index contributed by atoms with van der Waals surface area (Å²) in [6.45, 7) is 0. The highest BCUT2D eigenvalue weighted by molar-refractivity contribution is 7.90. The van der Waals surface area contributed by atoms with Crippen LogP contribution in [0, 0.1) is 0 Å². The van der Waals surface area contributed by atoms with Gasteiger partial charge in [0.05, 0.1) is 30.0 Å². The van der Waals surface area contributed by atoms with Gasteiger partial charge < -0.3 is 10.5 Å². The van der Waals surface area contributed by atoms with Gasteiger partial charge in [-0.25, -0.2) is 13.4 Å². The number of hydrogen-bond donors (Lipinski definition) is 1. The molecule has 0 radical (unpaired) electrons. The first-order chi connectivity index (χ1) is 7.02. The third kappa shape index (κ3) is 1.90. The largest absolute Gasteiger partial charge is 0.480 e. The molecule has 82 valence electrons. The standard InChI is InChI=1S/C9H12N2O3S/c1-14-9-7(10)4-6-2-3-15(12,13)5-8(6)11-9/h4H,2-3,5,10H2,1H3. The van der Waals surface area contributed by atoms with E-state index in [1.807, 2.05) is 0 Å². The number of rotatable bonds is 1. The minimum absolute atomic E-state index is 0.0149. The van der Waals surface area contributed by atoms with Crippen molar-refractivity contribution in [1.82, 2.24) is 4.98 Å². The Bertz CT molecular complexity index is 496. The summed E-state index contributed by atoms with van der Waals surface area (Å²) in [4.78, 5) is 4.10. The van der Waals surface area contributed by atoms with E-state index in [4.69, 9.17) is 10.5 Å². The van der Waals surface area contributed by atoms with Crippen molar-refractivity contribution in [2.45, 2.75) is 12.2 Å². The molecular weight excluding hydrogens is 216 g/mol. The summed E-state index contributed by atoms with van der Waals surface area (Å²) < 4.78 is 27.7. The van der Waals surface area contributed by atoms with Crippen molar-refractivity contribution in [3.8, 4) is 5.88 Å². The van der Waals surface area contributed by atoms with Crippen LogP contribution in [0.3, 0.4) is 0 Å². The van der Waals surface area contributed by atoms with E-state index in [0.717, 1.165) is 5.56 Å². The number of nitrogen functional groups attached to an aromatic ring is 1. The lowest BCUT2D eigenvalue weighted by Crippen LogP contribution is -2.20. The van der Waals surface area contributed by atoms with Crippen LogP contribution in [0.2, 0.25) is 0 Å². The number of fused-ring (bicyclic) bond motifs is 1. The maximum atomic E-state index is 11.4. The predicted molar refractivity (Wildman–Crippen MR) is 56.4 cm³/mol. The number of nitrogens with zero attached hydrogens (tertiary/aromatic N) is 1. The van der Waals surface area contributed by atoms with Gasteiger partial charge in [-0.2, -0.15) is 0 Å². The lowest BCUT2D eigenvalue weighted by Gasteiger charge is -2.16. The summed E-state index contributed by atoms with van der Waals surface area (Å²) in [6, 6.07) is 1.75. The Morgan fingerprint density at radius 2 is 2.27 bits per heavy atom. The van der Waals surface area contributed by atoms with Crippen LogP contribution in [0.4, 0.5) is 5.69 Å². The number of hydrogen-bond acceptors (Lipinski definition) is 5. The second-order valence-corrected chi connectivity index (χ2v) is 5.72. The molecule has 1 aromatic heterocycles. The number of methoxy groups -OCH3 is 1. The topological polar surface area (TPSA) is 82.3 Å².